The quantitative estimate of drug-likeness (QED) is 0.181. The third-order valence-electron chi connectivity index (χ3n) is 6.03. The van der Waals surface area contributed by atoms with E-state index in [0.717, 1.165) is 16.7 Å². The molecule has 200 valence electrons. The maximum absolute atomic E-state index is 12.6. The van der Waals surface area contributed by atoms with Crippen molar-refractivity contribution in [2.75, 3.05) is 19.7 Å². The first-order valence-corrected chi connectivity index (χ1v) is 12.4. The van der Waals surface area contributed by atoms with Gasteiger partial charge in [-0.2, -0.15) is 0 Å². The summed E-state index contributed by atoms with van der Waals surface area (Å²) in [5.74, 6) is -1.03. The van der Waals surface area contributed by atoms with Gasteiger partial charge in [0.25, 0.3) is 5.69 Å². The fraction of sp³-hybridized carbons (Fsp3) is 0.310. The summed E-state index contributed by atoms with van der Waals surface area (Å²) in [6, 6.07) is 24.4. The minimum atomic E-state index is -0.515. The molecular weight excluding hydrogens is 488 g/mol. The van der Waals surface area contributed by atoms with Crippen molar-refractivity contribution in [1.29, 1.82) is 0 Å². The predicted molar refractivity (Wildman–Crippen MR) is 141 cm³/mol. The Labute approximate surface area is 221 Å². The van der Waals surface area contributed by atoms with Gasteiger partial charge in [0.1, 0.15) is 13.2 Å². The number of aryl methyl sites for hydroxylation is 1. The summed E-state index contributed by atoms with van der Waals surface area (Å²) < 4.78 is 10.8. The normalized spacial score (nSPS) is 11.6. The van der Waals surface area contributed by atoms with Crippen LogP contribution in [0.15, 0.2) is 84.9 Å². The average molecular weight is 521 g/mol. The molecule has 3 aromatic carbocycles. The van der Waals surface area contributed by atoms with Crippen LogP contribution in [0, 0.1) is 10.1 Å². The highest BCUT2D eigenvalue weighted by Crippen LogP contribution is 2.16. The van der Waals surface area contributed by atoms with Crippen LogP contribution in [0.5, 0.6) is 0 Å². The number of benzene rings is 3. The minimum Gasteiger partial charge on any atom is -0.460 e. The van der Waals surface area contributed by atoms with Gasteiger partial charge in [0.15, 0.2) is 0 Å². The Balaban J connectivity index is 1.59. The highest BCUT2D eigenvalue weighted by atomic mass is 16.6. The van der Waals surface area contributed by atoms with E-state index in [2.05, 4.69) is 0 Å². The molecule has 3 aromatic rings. The summed E-state index contributed by atoms with van der Waals surface area (Å²) >= 11 is 0. The lowest BCUT2D eigenvalue weighted by atomic mass is 10.0. The van der Waals surface area contributed by atoms with E-state index in [1.807, 2.05) is 60.7 Å². The molecule has 1 atom stereocenters. The minimum absolute atomic E-state index is 0.0243. The van der Waals surface area contributed by atoms with E-state index in [-0.39, 0.29) is 38.6 Å². The van der Waals surface area contributed by atoms with Gasteiger partial charge in [-0.15, -0.1) is 0 Å². The van der Waals surface area contributed by atoms with Crippen LogP contribution < -0.4 is 0 Å². The van der Waals surface area contributed by atoms with Gasteiger partial charge in [-0.3, -0.25) is 24.6 Å². The second kappa shape index (κ2) is 15.2. The summed E-state index contributed by atoms with van der Waals surface area (Å²) in [6.45, 7) is -0.421. The fourth-order valence-electron chi connectivity index (χ4n) is 3.93. The van der Waals surface area contributed by atoms with E-state index in [0.29, 0.717) is 19.3 Å². The van der Waals surface area contributed by atoms with Gasteiger partial charge in [0.2, 0.25) is 0 Å². The van der Waals surface area contributed by atoms with Crippen LogP contribution in [0.4, 0.5) is 5.69 Å². The fourth-order valence-corrected chi connectivity index (χ4v) is 3.93. The number of aliphatic hydroxyl groups excluding tert-OH is 1. The van der Waals surface area contributed by atoms with Gasteiger partial charge in [-0.1, -0.05) is 72.8 Å². The summed E-state index contributed by atoms with van der Waals surface area (Å²) in [5.41, 5.74) is 2.63. The third-order valence-corrected chi connectivity index (χ3v) is 6.03. The van der Waals surface area contributed by atoms with Crippen LogP contribution >= 0.6 is 0 Å². The average Bonchev–Trinajstić information content (AvgIpc) is 2.94. The van der Waals surface area contributed by atoms with Crippen LogP contribution in [-0.2, 0) is 38.7 Å². The van der Waals surface area contributed by atoms with Crippen LogP contribution in [0.3, 0.4) is 0 Å². The molecule has 0 aromatic heterocycles. The number of carbonyl (C=O) groups excluding carboxylic acids is 2. The highest BCUT2D eigenvalue weighted by Gasteiger charge is 2.24. The predicted octanol–water partition coefficient (Wildman–Crippen LogP) is 4.07. The number of esters is 2. The molecule has 0 saturated heterocycles. The Bertz CT molecular complexity index is 1100. The van der Waals surface area contributed by atoms with Crippen LogP contribution in [0.1, 0.15) is 29.5 Å². The summed E-state index contributed by atoms with van der Waals surface area (Å²) in [4.78, 5) is 37.3. The van der Waals surface area contributed by atoms with Gasteiger partial charge in [0, 0.05) is 18.2 Å². The van der Waals surface area contributed by atoms with Crippen molar-refractivity contribution >= 4 is 17.6 Å². The van der Waals surface area contributed by atoms with Crippen molar-refractivity contribution in [3.63, 3.8) is 0 Å². The number of aliphatic hydroxyl groups is 1. The lowest BCUT2D eigenvalue weighted by Crippen LogP contribution is -2.45. The first-order chi connectivity index (χ1) is 18.4. The Hall–Kier alpha value is -4.08. The monoisotopic (exact) mass is 520 g/mol. The van der Waals surface area contributed by atoms with Gasteiger partial charge >= 0.3 is 11.9 Å². The highest BCUT2D eigenvalue weighted by molar-refractivity contribution is 5.75. The van der Waals surface area contributed by atoms with Crippen molar-refractivity contribution in [2.45, 2.75) is 38.5 Å². The topological polar surface area (TPSA) is 119 Å². The number of hydrogen-bond donors (Lipinski definition) is 1. The van der Waals surface area contributed by atoms with Gasteiger partial charge in [-0.25, -0.2) is 0 Å². The molecule has 0 aliphatic rings. The van der Waals surface area contributed by atoms with Crippen LogP contribution in [-0.4, -0.2) is 52.6 Å². The summed E-state index contributed by atoms with van der Waals surface area (Å²) in [5, 5.41) is 21.0. The molecule has 38 heavy (non-hydrogen) atoms. The second-order valence-corrected chi connectivity index (χ2v) is 8.85. The Morgan fingerprint density at radius 3 is 1.74 bits per heavy atom. The van der Waals surface area contributed by atoms with Crippen LogP contribution in [0.25, 0.3) is 0 Å². The van der Waals surface area contributed by atoms with E-state index >= 15 is 0 Å². The number of hydrogen-bond acceptors (Lipinski definition) is 8. The molecule has 1 N–H and O–H groups in total. The molecule has 0 aliphatic heterocycles. The van der Waals surface area contributed by atoms with Crippen molar-refractivity contribution in [3.8, 4) is 0 Å². The third kappa shape index (κ3) is 9.76. The zero-order valence-corrected chi connectivity index (χ0v) is 21.1. The maximum atomic E-state index is 12.6. The number of carbonyl (C=O) groups is 2. The molecule has 0 amide bonds. The Morgan fingerprint density at radius 2 is 1.29 bits per heavy atom. The zero-order chi connectivity index (χ0) is 27.2. The molecule has 0 radical (unpaired) electrons. The standard InChI is InChI=1S/C29H32N2O7/c32-20-27(13-7-12-23-14-16-26(17-15-23)31(35)36)30(18-28(33)37-21-24-8-3-1-4-9-24)19-29(34)38-22-25-10-5-2-6-11-25/h1-6,8-11,14-17,27,32H,7,12-13,18-22H2. The number of nitrogens with zero attached hydrogens (tertiary/aromatic N) is 2. The van der Waals surface area contributed by atoms with Crippen molar-refractivity contribution in [2.24, 2.45) is 0 Å². The maximum Gasteiger partial charge on any atom is 0.320 e. The Morgan fingerprint density at radius 1 is 0.789 bits per heavy atom. The molecule has 3 rings (SSSR count). The van der Waals surface area contributed by atoms with Crippen LogP contribution in [0.2, 0.25) is 0 Å². The molecule has 0 aliphatic carbocycles. The molecule has 9 heteroatoms. The number of ether oxygens (including phenoxy) is 2. The van der Waals surface area contributed by atoms with Crippen molar-refractivity contribution in [3.05, 3.63) is 112 Å². The molecule has 0 heterocycles. The van der Waals surface area contributed by atoms with E-state index in [4.69, 9.17) is 9.47 Å². The Kier molecular flexibility index (Phi) is 11.4. The molecule has 0 saturated carbocycles. The smallest absolute Gasteiger partial charge is 0.320 e. The van der Waals surface area contributed by atoms with E-state index < -0.39 is 22.9 Å². The lowest BCUT2D eigenvalue weighted by molar-refractivity contribution is -0.384. The van der Waals surface area contributed by atoms with Gasteiger partial charge < -0.3 is 14.6 Å². The van der Waals surface area contributed by atoms with E-state index in [1.54, 1.807) is 17.0 Å². The first-order valence-electron chi connectivity index (χ1n) is 12.4. The first kappa shape index (κ1) is 28.5. The van der Waals surface area contributed by atoms with E-state index in [9.17, 15) is 24.8 Å². The van der Waals surface area contributed by atoms with Crippen molar-refractivity contribution < 1.29 is 29.1 Å². The molecule has 1 unspecified atom stereocenters. The number of rotatable bonds is 15. The van der Waals surface area contributed by atoms with E-state index in [1.165, 1.54) is 12.1 Å². The molecular formula is C29H32N2O7. The SMILES string of the molecule is O=C(CN(CC(=O)OCc1ccccc1)C(CO)CCCc1ccc([N+](=O)[O-])cc1)OCc1ccccc1. The number of non-ortho nitro benzene ring substituents is 1. The molecule has 9 nitrogen and oxygen atoms in total. The second-order valence-electron chi connectivity index (χ2n) is 8.85. The molecule has 0 fully saturated rings. The van der Waals surface area contributed by atoms with Crippen molar-refractivity contribution in [1.82, 2.24) is 4.90 Å². The molecule has 0 bridgehead atoms. The lowest BCUT2D eigenvalue weighted by Gasteiger charge is -2.29. The largest absolute Gasteiger partial charge is 0.460 e. The molecule has 0 spiro atoms. The number of nitro groups is 1. The van der Waals surface area contributed by atoms with Gasteiger partial charge in [-0.05, 0) is 36.0 Å². The summed E-state index contributed by atoms with van der Waals surface area (Å²) in [7, 11) is 0. The zero-order valence-electron chi connectivity index (χ0n) is 21.1. The van der Waals surface area contributed by atoms with Gasteiger partial charge in [0.05, 0.1) is 24.6 Å². The summed E-state index contributed by atoms with van der Waals surface area (Å²) in [6.07, 6.45) is 1.75. The number of nitro benzene ring substituents is 1.